The molecule has 4 aliphatic rings. The van der Waals surface area contributed by atoms with Gasteiger partial charge in [-0.25, -0.2) is 4.98 Å². The molecule has 21 heavy (non-hydrogen) atoms. The van der Waals surface area contributed by atoms with Gasteiger partial charge in [0.25, 0.3) is 5.91 Å². The number of amides is 1. The molecule has 4 saturated carbocycles. The average Bonchev–Trinajstić information content (AvgIpc) is 2.42. The van der Waals surface area contributed by atoms with Gasteiger partial charge in [0, 0.05) is 6.04 Å². The fraction of sp³-hybridized carbons (Fsp3) is 0.625. The van der Waals surface area contributed by atoms with Crippen LogP contribution >= 0.6 is 12.4 Å². The third-order valence-corrected chi connectivity index (χ3v) is 5.53. The Labute approximate surface area is 131 Å². The van der Waals surface area contributed by atoms with Gasteiger partial charge in [0.05, 0.1) is 0 Å². The van der Waals surface area contributed by atoms with E-state index in [0.29, 0.717) is 29.4 Å². The molecule has 0 unspecified atom stereocenters. The predicted molar refractivity (Wildman–Crippen MR) is 84.2 cm³/mol. The Bertz CT molecular complexity index is 520. The number of halogens is 1. The van der Waals surface area contributed by atoms with Gasteiger partial charge in [0.2, 0.25) is 0 Å². The molecule has 1 amide bonds. The van der Waals surface area contributed by atoms with Gasteiger partial charge < -0.3 is 11.1 Å². The molecule has 0 saturated heterocycles. The van der Waals surface area contributed by atoms with Crippen LogP contribution in [0, 0.1) is 23.7 Å². The van der Waals surface area contributed by atoms with Gasteiger partial charge in [0.1, 0.15) is 11.5 Å². The van der Waals surface area contributed by atoms with Crippen molar-refractivity contribution in [2.45, 2.75) is 38.1 Å². The van der Waals surface area contributed by atoms with E-state index in [-0.39, 0.29) is 18.3 Å². The number of carbonyl (C=O) groups excluding carboxylic acids is 1. The molecule has 5 heteroatoms. The first-order chi connectivity index (χ1) is 9.69. The molecule has 0 radical (unpaired) electrons. The van der Waals surface area contributed by atoms with Gasteiger partial charge >= 0.3 is 0 Å². The maximum atomic E-state index is 12.4. The molecule has 4 bridgehead atoms. The number of rotatable bonds is 2. The second-order valence-electron chi connectivity index (χ2n) is 6.88. The summed E-state index contributed by atoms with van der Waals surface area (Å²) in [6, 6.07) is 5.59. The number of nitrogens with zero attached hydrogens (tertiary/aromatic N) is 1. The zero-order valence-electron chi connectivity index (χ0n) is 12.0. The quantitative estimate of drug-likeness (QED) is 0.882. The molecule has 114 valence electrons. The maximum Gasteiger partial charge on any atom is 0.270 e. The fourth-order valence-corrected chi connectivity index (χ4v) is 4.96. The molecular weight excluding hydrogens is 286 g/mol. The first-order valence-corrected chi connectivity index (χ1v) is 7.72. The van der Waals surface area contributed by atoms with E-state index in [1.54, 1.807) is 18.2 Å². The summed E-state index contributed by atoms with van der Waals surface area (Å²) in [6.45, 7) is 0. The number of nitrogens with one attached hydrogen (secondary N) is 1. The van der Waals surface area contributed by atoms with Crippen molar-refractivity contribution in [1.82, 2.24) is 10.3 Å². The standard InChI is InChI=1S/C16H21N3O.ClH/c17-14-3-1-2-13(18-14)16(20)19-15-11-5-9-4-10(7-11)8-12(15)6-9;/h1-3,9-12,15H,4-8H2,(H2,17,18)(H,19,20);1H. The topological polar surface area (TPSA) is 68.0 Å². The molecule has 5 rings (SSSR count). The zero-order valence-corrected chi connectivity index (χ0v) is 12.8. The van der Waals surface area contributed by atoms with Gasteiger partial charge in [0.15, 0.2) is 0 Å². The average molecular weight is 308 g/mol. The molecule has 1 heterocycles. The summed E-state index contributed by atoms with van der Waals surface area (Å²) in [7, 11) is 0. The van der Waals surface area contributed by atoms with Crippen molar-refractivity contribution in [3.05, 3.63) is 23.9 Å². The third kappa shape index (κ3) is 2.61. The van der Waals surface area contributed by atoms with Gasteiger partial charge in [-0.2, -0.15) is 0 Å². The second kappa shape index (κ2) is 5.48. The zero-order chi connectivity index (χ0) is 13.7. The number of hydrogen-bond acceptors (Lipinski definition) is 3. The number of nitrogen functional groups attached to an aromatic ring is 1. The molecule has 0 aromatic carbocycles. The Morgan fingerprint density at radius 3 is 2.29 bits per heavy atom. The molecular formula is C16H22ClN3O. The Morgan fingerprint density at radius 1 is 1.10 bits per heavy atom. The van der Waals surface area contributed by atoms with E-state index >= 15 is 0 Å². The molecule has 1 aromatic rings. The van der Waals surface area contributed by atoms with Gasteiger partial charge in [-0.05, 0) is 67.9 Å². The molecule has 0 atom stereocenters. The maximum absolute atomic E-state index is 12.4. The van der Waals surface area contributed by atoms with Crippen LogP contribution in [0.3, 0.4) is 0 Å². The van der Waals surface area contributed by atoms with Crippen LogP contribution in [0.2, 0.25) is 0 Å². The molecule has 1 aromatic heterocycles. The molecule has 3 N–H and O–H groups in total. The lowest BCUT2D eigenvalue weighted by molar-refractivity contribution is -0.0120. The smallest absolute Gasteiger partial charge is 0.270 e. The normalized spacial score (nSPS) is 36.1. The van der Waals surface area contributed by atoms with Crippen LogP contribution in [0.15, 0.2) is 18.2 Å². The van der Waals surface area contributed by atoms with E-state index in [2.05, 4.69) is 10.3 Å². The highest BCUT2D eigenvalue weighted by atomic mass is 35.5. The lowest BCUT2D eigenvalue weighted by atomic mass is 9.54. The number of aromatic nitrogens is 1. The Hall–Kier alpha value is -1.29. The summed E-state index contributed by atoms with van der Waals surface area (Å²) < 4.78 is 0. The van der Waals surface area contributed by atoms with Crippen LogP contribution in [0.4, 0.5) is 5.82 Å². The largest absolute Gasteiger partial charge is 0.384 e. The van der Waals surface area contributed by atoms with Gasteiger partial charge in [-0.3, -0.25) is 4.79 Å². The van der Waals surface area contributed by atoms with Crippen molar-refractivity contribution < 1.29 is 4.79 Å². The second-order valence-corrected chi connectivity index (χ2v) is 6.88. The van der Waals surface area contributed by atoms with E-state index in [4.69, 9.17) is 5.73 Å². The number of anilines is 1. The monoisotopic (exact) mass is 307 g/mol. The fourth-order valence-electron chi connectivity index (χ4n) is 4.96. The molecule has 4 aliphatic carbocycles. The van der Waals surface area contributed by atoms with Crippen LogP contribution in [0.5, 0.6) is 0 Å². The summed E-state index contributed by atoms with van der Waals surface area (Å²) in [4.78, 5) is 16.5. The van der Waals surface area contributed by atoms with E-state index in [9.17, 15) is 4.79 Å². The lowest BCUT2D eigenvalue weighted by Crippen LogP contribution is -2.55. The van der Waals surface area contributed by atoms with Crippen molar-refractivity contribution in [2.75, 3.05) is 5.73 Å². The molecule has 0 aliphatic heterocycles. The van der Waals surface area contributed by atoms with Crippen molar-refractivity contribution in [3.63, 3.8) is 0 Å². The summed E-state index contributed by atoms with van der Waals surface area (Å²) in [5.74, 6) is 3.58. The summed E-state index contributed by atoms with van der Waals surface area (Å²) in [5.41, 5.74) is 6.10. The van der Waals surface area contributed by atoms with Crippen molar-refractivity contribution in [1.29, 1.82) is 0 Å². The number of pyridine rings is 1. The van der Waals surface area contributed by atoms with Crippen LogP contribution in [0.1, 0.15) is 42.6 Å². The van der Waals surface area contributed by atoms with Crippen LogP contribution < -0.4 is 11.1 Å². The minimum absolute atomic E-state index is 0. The van der Waals surface area contributed by atoms with E-state index in [0.717, 1.165) is 11.8 Å². The first kappa shape index (κ1) is 14.6. The van der Waals surface area contributed by atoms with Crippen molar-refractivity contribution >= 4 is 24.1 Å². The summed E-state index contributed by atoms with van der Waals surface area (Å²) in [6.07, 6.45) is 6.67. The summed E-state index contributed by atoms with van der Waals surface area (Å²) in [5, 5.41) is 3.25. The summed E-state index contributed by atoms with van der Waals surface area (Å²) >= 11 is 0. The SMILES string of the molecule is Cl.Nc1cccc(C(=O)NC2C3CC4CC(C3)CC2C4)n1. The van der Waals surface area contributed by atoms with E-state index in [1.807, 2.05) is 0 Å². The van der Waals surface area contributed by atoms with E-state index in [1.165, 1.54) is 32.1 Å². The third-order valence-electron chi connectivity index (χ3n) is 5.53. The molecule has 4 nitrogen and oxygen atoms in total. The van der Waals surface area contributed by atoms with Crippen LogP contribution in [-0.2, 0) is 0 Å². The Morgan fingerprint density at radius 2 is 1.71 bits per heavy atom. The van der Waals surface area contributed by atoms with Gasteiger partial charge in [-0.15, -0.1) is 12.4 Å². The highest BCUT2D eigenvalue weighted by Crippen LogP contribution is 2.53. The van der Waals surface area contributed by atoms with Crippen molar-refractivity contribution in [3.8, 4) is 0 Å². The minimum atomic E-state index is -0.0604. The number of nitrogens with two attached hydrogens (primary N) is 1. The molecule has 4 fully saturated rings. The Balaban J connectivity index is 0.00000132. The highest BCUT2D eigenvalue weighted by molar-refractivity contribution is 5.92. The van der Waals surface area contributed by atoms with E-state index < -0.39 is 0 Å². The Kier molecular flexibility index (Phi) is 3.82. The highest BCUT2D eigenvalue weighted by Gasteiger charge is 2.48. The number of carbonyl (C=O) groups is 1. The number of hydrogen-bond donors (Lipinski definition) is 2. The van der Waals surface area contributed by atoms with Crippen LogP contribution in [-0.4, -0.2) is 16.9 Å². The first-order valence-electron chi connectivity index (χ1n) is 7.72. The van der Waals surface area contributed by atoms with Gasteiger partial charge in [-0.1, -0.05) is 6.07 Å². The molecule has 0 spiro atoms. The van der Waals surface area contributed by atoms with Crippen LogP contribution in [0.25, 0.3) is 0 Å². The predicted octanol–water partition coefficient (Wildman–Crippen LogP) is 2.64. The van der Waals surface area contributed by atoms with Crippen molar-refractivity contribution in [2.24, 2.45) is 23.7 Å². The minimum Gasteiger partial charge on any atom is -0.384 e. The lowest BCUT2D eigenvalue weighted by Gasteiger charge is -2.54.